The molecule has 0 bridgehead atoms. The summed E-state index contributed by atoms with van der Waals surface area (Å²) in [6.07, 6.45) is 22.9. The number of hydrogen-bond acceptors (Lipinski definition) is 3. The van der Waals surface area contributed by atoms with Gasteiger partial charge in [0.15, 0.2) is 0 Å². The van der Waals surface area contributed by atoms with Crippen LogP contribution < -0.4 is 0 Å². The van der Waals surface area contributed by atoms with Gasteiger partial charge in [-0.15, -0.1) is 0 Å². The molecule has 0 aliphatic carbocycles. The van der Waals surface area contributed by atoms with Gasteiger partial charge in [0.05, 0.1) is 5.75 Å². The van der Waals surface area contributed by atoms with E-state index in [9.17, 15) is 8.42 Å². The first-order valence-electron chi connectivity index (χ1n) is 10.7. The van der Waals surface area contributed by atoms with Gasteiger partial charge in [0.1, 0.15) is 0 Å². The summed E-state index contributed by atoms with van der Waals surface area (Å²) in [6, 6.07) is 0. The molecule has 7 heteroatoms. The van der Waals surface area contributed by atoms with Crippen molar-refractivity contribution in [2.24, 2.45) is 0 Å². The smallest absolute Gasteiger partial charge is 0.266 e. The minimum atomic E-state index is -3.83. The summed E-state index contributed by atoms with van der Waals surface area (Å²) in [5.41, 5.74) is 0. The molecule has 0 unspecified atom stereocenters. The summed E-state index contributed by atoms with van der Waals surface area (Å²) in [7, 11) is -1.92. The van der Waals surface area contributed by atoms with Gasteiger partial charge in [-0.05, 0) is 45.7 Å². The van der Waals surface area contributed by atoms with Crippen molar-refractivity contribution in [3.8, 4) is 0 Å². The Morgan fingerprint density at radius 3 is 1.61 bits per heavy atom. The molecule has 1 N–H and O–H groups in total. The standard InChI is InChI=1S/C21H43NO3S.2Na/c1-3-4-5-6-7-8-9-10-11-12-13-14-15-16-17-18-19-22(2)20-21-26(23,24)25;;/h10-11H,3-9,12-21H2,1-2H3,(H,23,24,25);;/b11-10-;;. The van der Waals surface area contributed by atoms with Crippen LogP contribution in [0.3, 0.4) is 0 Å². The summed E-state index contributed by atoms with van der Waals surface area (Å²) in [4.78, 5) is 1.97. The van der Waals surface area contributed by atoms with Gasteiger partial charge in [0.2, 0.25) is 0 Å². The summed E-state index contributed by atoms with van der Waals surface area (Å²) in [5, 5.41) is 0. The second-order valence-corrected chi connectivity index (χ2v) is 9.10. The minimum absolute atomic E-state index is 0. The molecule has 0 heterocycles. The number of hydrogen-bond donors (Lipinski definition) is 1. The first-order valence-corrected chi connectivity index (χ1v) is 12.4. The van der Waals surface area contributed by atoms with E-state index in [2.05, 4.69) is 19.1 Å². The fourth-order valence-electron chi connectivity index (χ4n) is 3.01. The van der Waals surface area contributed by atoms with Crippen molar-refractivity contribution in [3.63, 3.8) is 0 Å². The Kier molecular flexibility index (Phi) is 30.4. The van der Waals surface area contributed by atoms with Gasteiger partial charge >= 0.3 is 0 Å². The van der Waals surface area contributed by atoms with Crippen LogP contribution in [0.4, 0.5) is 0 Å². The van der Waals surface area contributed by atoms with Gasteiger partial charge in [-0.25, -0.2) is 0 Å². The number of nitrogens with zero attached hydrogens (tertiary/aromatic N) is 1. The molecule has 2 radical (unpaired) electrons. The van der Waals surface area contributed by atoms with Crippen LogP contribution in [0, 0.1) is 0 Å². The molecule has 4 nitrogen and oxygen atoms in total. The molecule has 0 aliphatic heterocycles. The van der Waals surface area contributed by atoms with Crippen LogP contribution in [0.2, 0.25) is 0 Å². The number of rotatable bonds is 19. The SMILES string of the molecule is CCCCCCCC/C=C\CCCCCCCCN(C)CCS(=O)(=O)O.[Na].[Na]. The summed E-state index contributed by atoms with van der Waals surface area (Å²) < 4.78 is 30.1. The maximum Gasteiger partial charge on any atom is 0.266 e. The summed E-state index contributed by atoms with van der Waals surface area (Å²) in [5.74, 6) is -0.171. The molecule has 0 amide bonds. The molecule has 0 aromatic heterocycles. The van der Waals surface area contributed by atoms with Gasteiger partial charge in [-0.2, -0.15) is 8.42 Å². The second kappa shape index (κ2) is 24.9. The molecule has 0 aliphatic rings. The third kappa shape index (κ3) is 29.8. The largest absolute Gasteiger partial charge is 0.305 e. The Morgan fingerprint density at radius 2 is 1.14 bits per heavy atom. The molecular formula is C21H43NNa2O3S. The summed E-state index contributed by atoms with van der Waals surface area (Å²) >= 11 is 0. The van der Waals surface area contributed by atoms with E-state index in [1.54, 1.807) is 0 Å². The van der Waals surface area contributed by atoms with E-state index in [0.717, 1.165) is 13.0 Å². The topological polar surface area (TPSA) is 57.6 Å². The zero-order chi connectivity index (χ0) is 19.5. The average Bonchev–Trinajstić information content (AvgIpc) is 2.59. The van der Waals surface area contributed by atoms with E-state index in [1.165, 1.54) is 83.5 Å². The number of unbranched alkanes of at least 4 members (excludes halogenated alkanes) is 12. The average molecular weight is 436 g/mol. The Morgan fingerprint density at radius 1 is 0.714 bits per heavy atom. The van der Waals surface area contributed by atoms with Crippen molar-refractivity contribution >= 4 is 69.2 Å². The Bertz CT molecular complexity index is 431. The maximum atomic E-state index is 10.7. The normalized spacial score (nSPS) is 11.6. The molecule has 0 spiro atoms. The van der Waals surface area contributed by atoms with Crippen LogP contribution in [0.5, 0.6) is 0 Å². The van der Waals surface area contributed by atoms with Crippen molar-refractivity contribution in [1.82, 2.24) is 4.90 Å². The quantitative estimate of drug-likeness (QED) is 0.133. The first kappa shape index (κ1) is 34.2. The van der Waals surface area contributed by atoms with Crippen molar-refractivity contribution in [2.45, 2.75) is 96.8 Å². The fourth-order valence-corrected chi connectivity index (χ4v) is 3.55. The van der Waals surface area contributed by atoms with E-state index in [4.69, 9.17) is 4.55 Å². The van der Waals surface area contributed by atoms with Crippen molar-refractivity contribution < 1.29 is 13.0 Å². The molecule has 0 aromatic carbocycles. The van der Waals surface area contributed by atoms with Crippen LogP contribution in [-0.4, -0.2) is 103 Å². The molecule has 0 saturated carbocycles. The fraction of sp³-hybridized carbons (Fsp3) is 0.905. The van der Waals surface area contributed by atoms with Crippen LogP contribution in [0.25, 0.3) is 0 Å². The monoisotopic (exact) mass is 435 g/mol. The van der Waals surface area contributed by atoms with Gasteiger partial charge in [-0.1, -0.05) is 76.9 Å². The van der Waals surface area contributed by atoms with Crippen LogP contribution in [0.1, 0.15) is 96.8 Å². The molecule has 0 aromatic rings. The minimum Gasteiger partial charge on any atom is -0.305 e. The predicted molar refractivity (Wildman–Crippen MR) is 125 cm³/mol. The predicted octanol–water partition coefficient (Wildman–Crippen LogP) is 5.08. The van der Waals surface area contributed by atoms with Crippen LogP contribution in [-0.2, 0) is 10.1 Å². The molecule has 28 heavy (non-hydrogen) atoms. The molecular weight excluding hydrogens is 392 g/mol. The zero-order valence-electron chi connectivity index (χ0n) is 19.3. The Hall–Kier alpha value is 1.61. The number of allylic oxidation sites excluding steroid dienone is 2. The van der Waals surface area contributed by atoms with Crippen LogP contribution >= 0.6 is 0 Å². The third-order valence-corrected chi connectivity index (χ3v) is 5.48. The Balaban J connectivity index is -0.00000312. The molecule has 158 valence electrons. The van der Waals surface area contributed by atoms with Crippen molar-refractivity contribution in [1.29, 1.82) is 0 Å². The first-order chi connectivity index (χ1) is 12.5. The van der Waals surface area contributed by atoms with E-state index in [-0.39, 0.29) is 64.9 Å². The van der Waals surface area contributed by atoms with Gasteiger partial charge in [-0.3, -0.25) is 4.55 Å². The zero-order valence-corrected chi connectivity index (χ0v) is 24.1. The molecule has 0 fully saturated rings. The van der Waals surface area contributed by atoms with E-state index >= 15 is 0 Å². The van der Waals surface area contributed by atoms with Gasteiger partial charge in [0, 0.05) is 65.7 Å². The van der Waals surface area contributed by atoms with E-state index in [1.807, 2.05) is 11.9 Å². The van der Waals surface area contributed by atoms with Gasteiger partial charge < -0.3 is 4.90 Å². The molecule has 0 atom stereocenters. The second-order valence-electron chi connectivity index (χ2n) is 7.53. The van der Waals surface area contributed by atoms with Crippen molar-refractivity contribution in [2.75, 3.05) is 25.9 Å². The Labute approximate surface area is 220 Å². The third-order valence-electron chi connectivity index (χ3n) is 4.78. The maximum absolute atomic E-state index is 10.7. The van der Waals surface area contributed by atoms with Crippen LogP contribution in [0.15, 0.2) is 12.2 Å². The van der Waals surface area contributed by atoms with Crippen molar-refractivity contribution in [3.05, 3.63) is 12.2 Å². The van der Waals surface area contributed by atoms with E-state index in [0.29, 0.717) is 6.54 Å². The molecule has 0 saturated heterocycles. The summed E-state index contributed by atoms with van der Waals surface area (Å²) in [6.45, 7) is 3.57. The van der Waals surface area contributed by atoms with E-state index < -0.39 is 10.1 Å². The molecule has 0 rings (SSSR count). The van der Waals surface area contributed by atoms with Gasteiger partial charge in [0.25, 0.3) is 10.1 Å².